The summed E-state index contributed by atoms with van der Waals surface area (Å²) in [5, 5.41) is 3.25. The highest BCUT2D eigenvalue weighted by atomic mass is 32.2. The Morgan fingerprint density at radius 2 is 1.86 bits per heavy atom. The number of fused-ring (bicyclic) bond motifs is 2. The fraction of sp³-hybridized carbons (Fsp3) is 1.00. The van der Waals surface area contributed by atoms with E-state index in [-0.39, 0.29) is 12.1 Å². The molecule has 3 fully saturated rings. The molecule has 4 nitrogen and oxygen atoms in total. The summed E-state index contributed by atoms with van der Waals surface area (Å²) in [6.45, 7) is 1.70. The number of piperidine rings is 1. The largest absolute Gasteiger partial charge is 0.314 e. The topological polar surface area (TPSA) is 49.4 Å². The number of rotatable bonds is 3. The van der Waals surface area contributed by atoms with E-state index in [0.29, 0.717) is 11.7 Å². The maximum absolute atomic E-state index is 12.0. The van der Waals surface area contributed by atoms with Crippen LogP contribution < -0.4 is 5.32 Å². The van der Waals surface area contributed by atoms with Crippen LogP contribution in [0.3, 0.4) is 0 Å². The second kappa shape index (κ2) is 2.93. The van der Waals surface area contributed by atoms with Crippen molar-refractivity contribution in [3.8, 4) is 0 Å². The van der Waals surface area contributed by atoms with Gasteiger partial charge >= 0.3 is 0 Å². The van der Waals surface area contributed by atoms with Gasteiger partial charge in [0.25, 0.3) is 0 Å². The normalized spacial score (nSPS) is 38.0. The van der Waals surface area contributed by atoms with Gasteiger partial charge in [-0.05, 0) is 25.2 Å². The van der Waals surface area contributed by atoms with Crippen molar-refractivity contribution in [1.29, 1.82) is 0 Å². The van der Waals surface area contributed by atoms with E-state index in [1.807, 2.05) is 0 Å². The zero-order valence-electron chi connectivity index (χ0n) is 8.15. The highest BCUT2D eigenvalue weighted by molar-refractivity contribution is 7.89. The molecule has 2 saturated heterocycles. The Kier molecular flexibility index (Phi) is 1.91. The number of piperazine rings is 1. The molecular formula is C9H16N2O2S. The molecule has 2 bridgehead atoms. The first-order chi connectivity index (χ1) is 6.67. The predicted molar refractivity (Wildman–Crippen MR) is 53.4 cm³/mol. The first-order valence-electron chi connectivity index (χ1n) is 5.39. The average molecular weight is 216 g/mol. The van der Waals surface area contributed by atoms with E-state index in [0.717, 1.165) is 32.4 Å². The molecule has 3 rings (SSSR count). The first-order valence-corrected chi connectivity index (χ1v) is 6.99. The van der Waals surface area contributed by atoms with Crippen LogP contribution in [0.15, 0.2) is 0 Å². The van der Waals surface area contributed by atoms with Gasteiger partial charge in [0.15, 0.2) is 0 Å². The molecule has 0 radical (unpaired) electrons. The quantitative estimate of drug-likeness (QED) is 0.709. The van der Waals surface area contributed by atoms with Crippen molar-refractivity contribution in [3.05, 3.63) is 0 Å². The molecule has 2 unspecified atom stereocenters. The van der Waals surface area contributed by atoms with Gasteiger partial charge in [0.05, 0.1) is 5.75 Å². The van der Waals surface area contributed by atoms with E-state index in [9.17, 15) is 8.42 Å². The summed E-state index contributed by atoms with van der Waals surface area (Å²) in [6, 6.07) is 0.523. The van der Waals surface area contributed by atoms with Crippen molar-refractivity contribution in [2.24, 2.45) is 5.92 Å². The van der Waals surface area contributed by atoms with Crippen LogP contribution in [-0.2, 0) is 10.0 Å². The fourth-order valence-electron chi connectivity index (χ4n) is 2.57. The second-order valence-electron chi connectivity index (χ2n) is 4.75. The van der Waals surface area contributed by atoms with Gasteiger partial charge in [-0.3, -0.25) is 0 Å². The van der Waals surface area contributed by atoms with Gasteiger partial charge in [0.2, 0.25) is 10.0 Å². The molecule has 2 aliphatic heterocycles. The van der Waals surface area contributed by atoms with Crippen molar-refractivity contribution in [2.75, 3.05) is 18.8 Å². The summed E-state index contributed by atoms with van der Waals surface area (Å²) in [6.07, 6.45) is 3.29. The molecule has 3 aliphatic rings. The Labute approximate surface area is 84.7 Å². The lowest BCUT2D eigenvalue weighted by atomic mass is 9.93. The lowest BCUT2D eigenvalue weighted by molar-refractivity contribution is 0.0712. The molecule has 5 heteroatoms. The van der Waals surface area contributed by atoms with Crippen LogP contribution in [-0.4, -0.2) is 43.6 Å². The van der Waals surface area contributed by atoms with Gasteiger partial charge in [0.1, 0.15) is 0 Å². The third-order valence-electron chi connectivity index (χ3n) is 3.49. The Morgan fingerprint density at radius 1 is 1.21 bits per heavy atom. The highest BCUT2D eigenvalue weighted by Gasteiger charge is 2.49. The van der Waals surface area contributed by atoms with Crippen LogP contribution in [0.4, 0.5) is 0 Å². The van der Waals surface area contributed by atoms with Crippen LogP contribution in [0.5, 0.6) is 0 Å². The van der Waals surface area contributed by atoms with Gasteiger partial charge in [-0.1, -0.05) is 0 Å². The molecule has 2 heterocycles. The third kappa shape index (κ3) is 1.38. The Bertz CT molecular complexity index is 323. The summed E-state index contributed by atoms with van der Waals surface area (Å²) < 4.78 is 25.7. The molecule has 0 aromatic rings. The van der Waals surface area contributed by atoms with Crippen molar-refractivity contribution in [2.45, 2.75) is 31.3 Å². The summed E-state index contributed by atoms with van der Waals surface area (Å²) in [4.78, 5) is 0. The van der Waals surface area contributed by atoms with Gasteiger partial charge in [-0.25, -0.2) is 8.42 Å². The van der Waals surface area contributed by atoms with Crippen molar-refractivity contribution < 1.29 is 8.42 Å². The molecule has 80 valence electrons. The summed E-state index contributed by atoms with van der Waals surface area (Å²) in [7, 11) is -2.93. The van der Waals surface area contributed by atoms with Gasteiger partial charge in [0, 0.05) is 25.2 Å². The molecule has 1 saturated carbocycles. The minimum absolute atomic E-state index is 0.262. The van der Waals surface area contributed by atoms with Crippen LogP contribution in [0.1, 0.15) is 19.3 Å². The Hall–Kier alpha value is -0.130. The van der Waals surface area contributed by atoms with Crippen LogP contribution in [0.2, 0.25) is 0 Å². The third-order valence-corrected chi connectivity index (χ3v) is 5.62. The van der Waals surface area contributed by atoms with Crippen molar-refractivity contribution in [1.82, 2.24) is 9.62 Å². The average Bonchev–Trinajstić information content (AvgIpc) is 2.87. The molecule has 0 aromatic heterocycles. The standard InChI is InChI=1S/C9H16N2O2S/c12-14(13,6-7-1-2-7)11-8-3-9(11)5-10-4-8/h7-10H,1-6H2. The summed E-state index contributed by atoms with van der Waals surface area (Å²) in [5.74, 6) is 0.870. The summed E-state index contributed by atoms with van der Waals surface area (Å²) in [5.41, 5.74) is 0. The maximum atomic E-state index is 12.0. The second-order valence-corrected chi connectivity index (χ2v) is 6.67. The number of sulfonamides is 1. The van der Waals surface area contributed by atoms with E-state index in [2.05, 4.69) is 5.32 Å². The zero-order chi connectivity index (χ0) is 9.76. The number of nitrogens with one attached hydrogen (secondary N) is 1. The first kappa shape index (κ1) is 9.12. The lowest BCUT2D eigenvalue weighted by Crippen LogP contribution is -2.69. The van der Waals surface area contributed by atoms with Crippen LogP contribution >= 0.6 is 0 Å². The van der Waals surface area contributed by atoms with Crippen LogP contribution in [0.25, 0.3) is 0 Å². The Balaban J connectivity index is 1.74. The SMILES string of the molecule is O=S(=O)(CC1CC1)N1C2CNCC1C2. The van der Waals surface area contributed by atoms with E-state index in [1.54, 1.807) is 4.31 Å². The van der Waals surface area contributed by atoms with Crippen molar-refractivity contribution >= 4 is 10.0 Å². The molecule has 1 aliphatic carbocycles. The molecular weight excluding hydrogens is 200 g/mol. The Morgan fingerprint density at radius 3 is 2.36 bits per heavy atom. The maximum Gasteiger partial charge on any atom is 0.214 e. The van der Waals surface area contributed by atoms with Gasteiger partial charge in [-0.2, -0.15) is 4.31 Å². The molecule has 2 atom stereocenters. The van der Waals surface area contributed by atoms with E-state index in [4.69, 9.17) is 0 Å². The molecule has 1 N–H and O–H groups in total. The molecule has 0 aromatic carbocycles. The minimum atomic E-state index is -2.93. The molecule has 0 spiro atoms. The van der Waals surface area contributed by atoms with E-state index >= 15 is 0 Å². The van der Waals surface area contributed by atoms with Crippen molar-refractivity contribution in [3.63, 3.8) is 0 Å². The smallest absolute Gasteiger partial charge is 0.214 e. The summed E-state index contributed by atoms with van der Waals surface area (Å²) >= 11 is 0. The van der Waals surface area contributed by atoms with Gasteiger partial charge in [-0.15, -0.1) is 0 Å². The van der Waals surface area contributed by atoms with E-state index < -0.39 is 10.0 Å². The number of hydrogen-bond acceptors (Lipinski definition) is 3. The lowest BCUT2D eigenvalue weighted by Gasteiger charge is -2.51. The van der Waals surface area contributed by atoms with Crippen LogP contribution in [0, 0.1) is 5.92 Å². The molecule has 14 heavy (non-hydrogen) atoms. The predicted octanol–water partition coefficient (Wildman–Crippen LogP) is -0.228. The number of nitrogens with zero attached hydrogens (tertiary/aromatic N) is 1. The minimum Gasteiger partial charge on any atom is -0.314 e. The number of hydrogen-bond donors (Lipinski definition) is 1. The monoisotopic (exact) mass is 216 g/mol. The zero-order valence-corrected chi connectivity index (χ0v) is 8.96. The van der Waals surface area contributed by atoms with E-state index in [1.165, 1.54) is 0 Å². The molecule has 0 amide bonds. The van der Waals surface area contributed by atoms with Gasteiger partial charge < -0.3 is 5.32 Å². The highest BCUT2D eigenvalue weighted by Crippen LogP contribution is 2.36. The fourth-order valence-corrected chi connectivity index (χ4v) is 4.90.